The van der Waals surface area contributed by atoms with Crippen molar-refractivity contribution in [3.63, 3.8) is 0 Å². The van der Waals surface area contributed by atoms with Crippen LogP contribution < -0.4 is 4.74 Å². The van der Waals surface area contributed by atoms with Gasteiger partial charge in [-0.2, -0.15) is 0 Å². The number of carbonyl (C=O) groups excluding carboxylic acids is 1. The summed E-state index contributed by atoms with van der Waals surface area (Å²) in [5.74, 6) is 0.669. The second kappa shape index (κ2) is 5.91. The highest BCUT2D eigenvalue weighted by Crippen LogP contribution is 2.28. The molecule has 0 amide bonds. The summed E-state index contributed by atoms with van der Waals surface area (Å²) in [7, 11) is 0. The Morgan fingerprint density at radius 2 is 1.75 bits per heavy atom. The quantitative estimate of drug-likeness (QED) is 0.598. The molecule has 0 aliphatic rings. The monoisotopic (exact) mass is 268 g/mol. The molecular formula is C18H20O2. The molecule has 2 aromatic rings. The Balaban J connectivity index is 2.31. The number of esters is 1. The Morgan fingerprint density at radius 3 is 2.40 bits per heavy atom. The van der Waals surface area contributed by atoms with Crippen LogP contribution in [0.15, 0.2) is 42.5 Å². The highest BCUT2D eigenvalue weighted by molar-refractivity contribution is 5.92. The summed E-state index contributed by atoms with van der Waals surface area (Å²) >= 11 is 0. The summed E-state index contributed by atoms with van der Waals surface area (Å²) in [4.78, 5) is 12.3. The van der Waals surface area contributed by atoms with Crippen molar-refractivity contribution in [1.29, 1.82) is 0 Å². The van der Waals surface area contributed by atoms with E-state index >= 15 is 0 Å². The van der Waals surface area contributed by atoms with Crippen molar-refractivity contribution in [3.8, 4) is 5.75 Å². The van der Waals surface area contributed by atoms with E-state index in [2.05, 4.69) is 19.9 Å². The highest BCUT2D eigenvalue weighted by atomic mass is 16.5. The number of ether oxygens (including phenoxy) is 1. The molecule has 20 heavy (non-hydrogen) atoms. The van der Waals surface area contributed by atoms with Crippen molar-refractivity contribution in [2.24, 2.45) is 0 Å². The minimum absolute atomic E-state index is 0.297. The fourth-order valence-electron chi connectivity index (χ4n) is 2.17. The molecule has 0 heterocycles. The Labute approximate surface area is 120 Å². The summed E-state index contributed by atoms with van der Waals surface area (Å²) in [6, 6.07) is 13.4. The topological polar surface area (TPSA) is 26.3 Å². The fraction of sp³-hybridized carbons (Fsp3) is 0.278. The van der Waals surface area contributed by atoms with Crippen LogP contribution in [0, 0.1) is 13.8 Å². The van der Waals surface area contributed by atoms with Gasteiger partial charge in [0.25, 0.3) is 0 Å². The maximum absolute atomic E-state index is 12.3. The van der Waals surface area contributed by atoms with E-state index in [0.29, 0.717) is 17.2 Å². The second-order valence-electron chi connectivity index (χ2n) is 5.40. The van der Waals surface area contributed by atoms with E-state index < -0.39 is 0 Å². The maximum Gasteiger partial charge on any atom is 0.343 e. The van der Waals surface area contributed by atoms with Gasteiger partial charge in [0.2, 0.25) is 0 Å². The first-order valence-corrected chi connectivity index (χ1v) is 6.87. The molecule has 0 aromatic heterocycles. The molecule has 0 bridgehead atoms. The van der Waals surface area contributed by atoms with E-state index in [1.165, 1.54) is 5.56 Å². The van der Waals surface area contributed by atoms with Crippen LogP contribution in [0.25, 0.3) is 0 Å². The van der Waals surface area contributed by atoms with Crippen LogP contribution in [0.1, 0.15) is 46.8 Å². The van der Waals surface area contributed by atoms with Gasteiger partial charge in [-0.25, -0.2) is 4.79 Å². The standard InChI is InChI=1S/C18H20O2/c1-12(2)16-11-13(3)9-10-17(16)20-18(19)15-8-6-5-7-14(15)4/h5-12H,1-4H3. The molecular weight excluding hydrogens is 248 g/mol. The van der Waals surface area contributed by atoms with Crippen LogP contribution in [0.4, 0.5) is 0 Å². The highest BCUT2D eigenvalue weighted by Gasteiger charge is 2.15. The zero-order valence-corrected chi connectivity index (χ0v) is 12.4. The molecule has 2 heteroatoms. The lowest BCUT2D eigenvalue weighted by molar-refractivity contribution is 0.0732. The lowest BCUT2D eigenvalue weighted by Gasteiger charge is -2.14. The van der Waals surface area contributed by atoms with Crippen LogP contribution in [0.2, 0.25) is 0 Å². The number of benzene rings is 2. The van der Waals surface area contributed by atoms with Gasteiger partial charge < -0.3 is 4.74 Å². The maximum atomic E-state index is 12.3. The average Bonchev–Trinajstić information content (AvgIpc) is 2.41. The van der Waals surface area contributed by atoms with Crippen LogP contribution >= 0.6 is 0 Å². The van der Waals surface area contributed by atoms with Crippen LogP contribution in [0.3, 0.4) is 0 Å². The normalized spacial score (nSPS) is 10.7. The smallest absolute Gasteiger partial charge is 0.343 e. The first-order valence-electron chi connectivity index (χ1n) is 6.87. The molecule has 0 N–H and O–H groups in total. The fourth-order valence-corrected chi connectivity index (χ4v) is 2.17. The van der Waals surface area contributed by atoms with Gasteiger partial charge >= 0.3 is 5.97 Å². The Morgan fingerprint density at radius 1 is 1.05 bits per heavy atom. The molecule has 0 atom stereocenters. The molecule has 2 rings (SSSR count). The van der Waals surface area contributed by atoms with E-state index in [9.17, 15) is 4.79 Å². The van der Waals surface area contributed by atoms with E-state index in [1.54, 1.807) is 6.07 Å². The van der Waals surface area contributed by atoms with Gasteiger partial charge in [0.05, 0.1) is 5.56 Å². The lowest BCUT2D eigenvalue weighted by atomic mass is 10.00. The van der Waals surface area contributed by atoms with Crippen molar-refractivity contribution in [3.05, 3.63) is 64.7 Å². The molecule has 0 aliphatic heterocycles. The zero-order valence-electron chi connectivity index (χ0n) is 12.4. The van der Waals surface area contributed by atoms with Crippen molar-refractivity contribution in [1.82, 2.24) is 0 Å². The van der Waals surface area contributed by atoms with E-state index in [-0.39, 0.29) is 5.97 Å². The van der Waals surface area contributed by atoms with Crippen LogP contribution in [-0.2, 0) is 0 Å². The van der Waals surface area contributed by atoms with Gasteiger partial charge in [0.1, 0.15) is 5.75 Å². The summed E-state index contributed by atoms with van der Waals surface area (Å²) in [6.45, 7) is 8.15. The van der Waals surface area contributed by atoms with Gasteiger partial charge in [-0.3, -0.25) is 0 Å². The molecule has 2 nitrogen and oxygen atoms in total. The summed E-state index contributed by atoms with van der Waals surface area (Å²) < 4.78 is 5.59. The molecule has 0 saturated heterocycles. The van der Waals surface area contributed by atoms with Crippen LogP contribution in [0.5, 0.6) is 5.75 Å². The van der Waals surface area contributed by atoms with Crippen molar-refractivity contribution in [2.75, 3.05) is 0 Å². The van der Waals surface area contributed by atoms with Gasteiger partial charge in [-0.1, -0.05) is 49.7 Å². The third-order valence-corrected chi connectivity index (χ3v) is 3.35. The minimum Gasteiger partial charge on any atom is -0.423 e. The molecule has 0 fully saturated rings. The van der Waals surface area contributed by atoms with E-state index in [0.717, 1.165) is 11.1 Å². The second-order valence-corrected chi connectivity index (χ2v) is 5.40. The lowest BCUT2D eigenvalue weighted by Crippen LogP contribution is -2.11. The number of hydrogen-bond donors (Lipinski definition) is 0. The number of aryl methyl sites for hydroxylation is 2. The largest absolute Gasteiger partial charge is 0.423 e. The molecule has 0 aliphatic carbocycles. The number of carbonyl (C=O) groups is 1. The predicted molar refractivity (Wildman–Crippen MR) is 81.4 cm³/mol. The Kier molecular flexibility index (Phi) is 4.23. The van der Waals surface area contributed by atoms with Gasteiger partial charge in [0.15, 0.2) is 0 Å². The third-order valence-electron chi connectivity index (χ3n) is 3.35. The minimum atomic E-state index is -0.297. The first-order chi connectivity index (χ1) is 9.49. The Hall–Kier alpha value is -2.09. The van der Waals surface area contributed by atoms with Gasteiger partial charge in [-0.05, 0) is 43.0 Å². The molecule has 2 aromatic carbocycles. The van der Waals surface area contributed by atoms with Gasteiger partial charge in [-0.15, -0.1) is 0 Å². The van der Waals surface area contributed by atoms with Gasteiger partial charge in [0, 0.05) is 0 Å². The molecule has 0 spiro atoms. The predicted octanol–water partition coefficient (Wildman–Crippen LogP) is 4.65. The molecule has 0 radical (unpaired) electrons. The first kappa shape index (κ1) is 14.3. The summed E-state index contributed by atoms with van der Waals surface area (Å²) in [5.41, 5.74) is 3.77. The average molecular weight is 268 g/mol. The zero-order chi connectivity index (χ0) is 14.7. The van der Waals surface area contributed by atoms with Crippen molar-refractivity contribution >= 4 is 5.97 Å². The summed E-state index contributed by atoms with van der Waals surface area (Å²) in [6.07, 6.45) is 0. The van der Waals surface area contributed by atoms with Crippen LogP contribution in [-0.4, -0.2) is 5.97 Å². The number of rotatable bonds is 3. The molecule has 104 valence electrons. The van der Waals surface area contributed by atoms with Crippen molar-refractivity contribution in [2.45, 2.75) is 33.6 Å². The SMILES string of the molecule is Cc1ccc(OC(=O)c2ccccc2C)c(C(C)C)c1. The van der Waals surface area contributed by atoms with E-state index in [4.69, 9.17) is 4.74 Å². The Bertz CT molecular complexity index is 627. The number of hydrogen-bond acceptors (Lipinski definition) is 2. The third kappa shape index (κ3) is 3.08. The van der Waals surface area contributed by atoms with E-state index in [1.807, 2.05) is 44.2 Å². The molecule has 0 unspecified atom stereocenters. The molecule has 0 saturated carbocycles. The van der Waals surface area contributed by atoms with Crippen molar-refractivity contribution < 1.29 is 9.53 Å². The summed E-state index contributed by atoms with van der Waals surface area (Å²) in [5, 5.41) is 0.